The second kappa shape index (κ2) is 5.05. The van der Waals surface area contributed by atoms with E-state index >= 15 is 0 Å². The van der Waals surface area contributed by atoms with Gasteiger partial charge in [-0.05, 0) is 42.2 Å². The quantitative estimate of drug-likeness (QED) is 0.722. The van der Waals surface area contributed by atoms with Gasteiger partial charge >= 0.3 is 0 Å². The Bertz CT molecular complexity index is 500. The number of aryl methyl sites for hydroxylation is 1. The molecule has 1 heteroatoms. The van der Waals surface area contributed by atoms with E-state index in [4.69, 9.17) is 4.74 Å². The van der Waals surface area contributed by atoms with Gasteiger partial charge in [0.25, 0.3) is 0 Å². The van der Waals surface area contributed by atoms with Gasteiger partial charge in [0, 0.05) is 0 Å². The van der Waals surface area contributed by atoms with Gasteiger partial charge in [0.1, 0.15) is 11.5 Å². The first-order valence-electron chi connectivity index (χ1n) is 6.00. The van der Waals surface area contributed by atoms with Gasteiger partial charge in [-0.3, -0.25) is 0 Å². The number of hydrogen-bond acceptors (Lipinski definition) is 1. The molecule has 2 aromatic carbocycles. The Kier molecular flexibility index (Phi) is 3.48. The third-order valence-electron chi connectivity index (χ3n) is 2.76. The van der Waals surface area contributed by atoms with Crippen molar-refractivity contribution >= 4 is 0 Å². The Labute approximate surface area is 103 Å². The number of hydrogen-bond donors (Lipinski definition) is 0. The predicted octanol–water partition coefficient (Wildman–Crippen LogP) is 4.91. The monoisotopic (exact) mass is 226 g/mol. The van der Waals surface area contributed by atoms with Crippen LogP contribution in [-0.2, 0) is 0 Å². The molecular weight excluding hydrogens is 208 g/mol. The van der Waals surface area contributed by atoms with Crippen LogP contribution in [0.2, 0.25) is 0 Å². The number of para-hydroxylation sites is 1. The SMILES string of the molecule is Cc1cccc(Oc2ccccc2C(C)C)c1. The van der Waals surface area contributed by atoms with Gasteiger partial charge in [-0.1, -0.05) is 44.2 Å². The molecule has 0 bridgehead atoms. The maximum absolute atomic E-state index is 5.95. The molecule has 1 nitrogen and oxygen atoms in total. The highest BCUT2D eigenvalue weighted by molar-refractivity contribution is 5.40. The van der Waals surface area contributed by atoms with E-state index in [1.807, 2.05) is 24.3 Å². The molecule has 2 aromatic rings. The summed E-state index contributed by atoms with van der Waals surface area (Å²) in [6.45, 7) is 6.43. The summed E-state index contributed by atoms with van der Waals surface area (Å²) in [4.78, 5) is 0. The van der Waals surface area contributed by atoms with Gasteiger partial charge in [0.05, 0.1) is 0 Å². The fourth-order valence-electron chi connectivity index (χ4n) is 1.86. The molecule has 0 aliphatic carbocycles. The molecule has 0 N–H and O–H groups in total. The van der Waals surface area contributed by atoms with Crippen molar-refractivity contribution in [2.45, 2.75) is 26.7 Å². The van der Waals surface area contributed by atoms with Crippen LogP contribution in [0, 0.1) is 6.92 Å². The lowest BCUT2D eigenvalue weighted by Gasteiger charge is -2.13. The summed E-state index contributed by atoms with van der Waals surface area (Å²) >= 11 is 0. The van der Waals surface area contributed by atoms with Crippen LogP contribution in [0.3, 0.4) is 0 Å². The van der Waals surface area contributed by atoms with Crippen molar-refractivity contribution in [2.75, 3.05) is 0 Å². The molecule has 0 amide bonds. The zero-order chi connectivity index (χ0) is 12.3. The average Bonchev–Trinajstić information content (AvgIpc) is 2.29. The van der Waals surface area contributed by atoms with E-state index in [0.717, 1.165) is 11.5 Å². The van der Waals surface area contributed by atoms with Crippen molar-refractivity contribution < 1.29 is 4.74 Å². The normalized spacial score (nSPS) is 10.6. The predicted molar refractivity (Wildman–Crippen MR) is 71.8 cm³/mol. The molecule has 0 saturated heterocycles. The fraction of sp³-hybridized carbons (Fsp3) is 0.250. The van der Waals surface area contributed by atoms with Crippen LogP contribution < -0.4 is 4.74 Å². The lowest BCUT2D eigenvalue weighted by molar-refractivity contribution is 0.473. The van der Waals surface area contributed by atoms with Crippen molar-refractivity contribution in [1.82, 2.24) is 0 Å². The van der Waals surface area contributed by atoms with Gasteiger partial charge in [-0.25, -0.2) is 0 Å². The van der Waals surface area contributed by atoms with Gasteiger partial charge in [-0.2, -0.15) is 0 Å². The number of ether oxygens (including phenoxy) is 1. The first kappa shape index (κ1) is 11.7. The van der Waals surface area contributed by atoms with E-state index in [0.29, 0.717) is 5.92 Å². The third kappa shape index (κ3) is 2.88. The van der Waals surface area contributed by atoms with Gasteiger partial charge in [0.2, 0.25) is 0 Å². The maximum Gasteiger partial charge on any atom is 0.130 e. The topological polar surface area (TPSA) is 9.23 Å². The molecule has 0 radical (unpaired) electrons. The van der Waals surface area contributed by atoms with Gasteiger partial charge in [0.15, 0.2) is 0 Å². The first-order valence-corrected chi connectivity index (χ1v) is 6.00. The second-order valence-corrected chi connectivity index (χ2v) is 4.61. The van der Waals surface area contributed by atoms with Crippen LogP contribution in [-0.4, -0.2) is 0 Å². The molecule has 0 heterocycles. The lowest BCUT2D eigenvalue weighted by atomic mass is 10.0. The number of benzene rings is 2. The van der Waals surface area contributed by atoms with E-state index in [1.54, 1.807) is 0 Å². The molecule has 17 heavy (non-hydrogen) atoms. The minimum absolute atomic E-state index is 0.469. The maximum atomic E-state index is 5.95. The molecule has 88 valence electrons. The van der Waals surface area contributed by atoms with Crippen LogP contribution in [0.1, 0.15) is 30.9 Å². The van der Waals surface area contributed by atoms with Crippen molar-refractivity contribution in [3.05, 3.63) is 59.7 Å². The summed E-state index contributed by atoms with van der Waals surface area (Å²) < 4.78 is 5.95. The van der Waals surface area contributed by atoms with Crippen molar-refractivity contribution in [2.24, 2.45) is 0 Å². The molecule has 2 rings (SSSR count). The fourth-order valence-corrected chi connectivity index (χ4v) is 1.86. The molecule has 0 aliphatic heterocycles. The van der Waals surface area contributed by atoms with Gasteiger partial charge < -0.3 is 4.74 Å². The minimum atomic E-state index is 0.469. The zero-order valence-corrected chi connectivity index (χ0v) is 10.6. The summed E-state index contributed by atoms with van der Waals surface area (Å²) in [7, 11) is 0. The number of rotatable bonds is 3. The van der Waals surface area contributed by atoms with Crippen LogP contribution in [0.5, 0.6) is 11.5 Å². The van der Waals surface area contributed by atoms with E-state index in [2.05, 4.69) is 45.0 Å². The lowest BCUT2D eigenvalue weighted by Crippen LogP contribution is -1.93. The molecule has 0 unspecified atom stereocenters. The molecule has 0 fully saturated rings. The summed E-state index contributed by atoms with van der Waals surface area (Å²) in [5, 5.41) is 0. The highest BCUT2D eigenvalue weighted by Gasteiger charge is 2.07. The Morgan fingerprint density at radius 3 is 2.41 bits per heavy atom. The third-order valence-corrected chi connectivity index (χ3v) is 2.76. The standard InChI is InChI=1S/C16H18O/c1-12(2)15-9-4-5-10-16(15)17-14-8-6-7-13(3)11-14/h4-12H,1-3H3. The molecule has 0 aliphatic rings. The summed E-state index contributed by atoms with van der Waals surface area (Å²) in [6.07, 6.45) is 0. The highest BCUT2D eigenvalue weighted by atomic mass is 16.5. The Balaban J connectivity index is 2.30. The Morgan fingerprint density at radius 1 is 0.941 bits per heavy atom. The van der Waals surface area contributed by atoms with Crippen molar-refractivity contribution in [3.63, 3.8) is 0 Å². The van der Waals surface area contributed by atoms with Crippen molar-refractivity contribution in [1.29, 1.82) is 0 Å². The summed E-state index contributed by atoms with van der Waals surface area (Å²) in [5.74, 6) is 2.32. The smallest absolute Gasteiger partial charge is 0.130 e. The first-order chi connectivity index (χ1) is 8.16. The molecule has 0 saturated carbocycles. The largest absolute Gasteiger partial charge is 0.457 e. The molecular formula is C16H18O. The minimum Gasteiger partial charge on any atom is -0.457 e. The Morgan fingerprint density at radius 2 is 1.71 bits per heavy atom. The highest BCUT2D eigenvalue weighted by Crippen LogP contribution is 2.30. The molecule has 0 aromatic heterocycles. The Hall–Kier alpha value is -1.76. The van der Waals surface area contributed by atoms with E-state index in [9.17, 15) is 0 Å². The molecule has 0 spiro atoms. The van der Waals surface area contributed by atoms with E-state index < -0.39 is 0 Å². The second-order valence-electron chi connectivity index (χ2n) is 4.61. The zero-order valence-electron chi connectivity index (χ0n) is 10.6. The van der Waals surface area contributed by atoms with Crippen LogP contribution >= 0.6 is 0 Å². The van der Waals surface area contributed by atoms with Crippen molar-refractivity contribution in [3.8, 4) is 11.5 Å². The van der Waals surface area contributed by atoms with Crippen LogP contribution in [0.25, 0.3) is 0 Å². The van der Waals surface area contributed by atoms with Crippen LogP contribution in [0.15, 0.2) is 48.5 Å². The summed E-state index contributed by atoms with van der Waals surface area (Å²) in [5.41, 5.74) is 2.46. The van der Waals surface area contributed by atoms with E-state index in [1.165, 1.54) is 11.1 Å². The average molecular weight is 226 g/mol. The molecule has 0 atom stereocenters. The van der Waals surface area contributed by atoms with Gasteiger partial charge in [-0.15, -0.1) is 0 Å². The summed E-state index contributed by atoms with van der Waals surface area (Å²) in [6, 6.07) is 16.3. The van der Waals surface area contributed by atoms with Crippen LogP contribution in [0.4, 0.5) is 0 Å². The van der Waals surface area contributed by atoms with E-state index in [-0.39, 0.29) is 0 Å².